The van der Waals surface area contributed by atoms with Crippen molar-refractivity contribution in [3.05, 3.63) is 0 Å². The summed E-state index contributed by atoms with van der Waals surface area (Å²) in [6.07, 6.45) is 0. The molecule has 0 saturated carbocycles. The second kappa shape index (κ2) is 21.3. The molecule has 0 heterocycles. The molecule has 0 aromatic heterocycles. The van der Waals surface area contributed by atoms with E-state index in [4.69, 9.17) is 3.80 Å². The van der Waals surface area contributed by atoms with E-state index in [9.17, 15) is 0 Å². The van der Waals surface area contributed by atoms with E-state index in [0.29, 0.717) is 16.2 Å². The van der Waals surface area contributed by atoms with Crippen molar-refractivity contribution in [2.75, 3.05) is 0 Å². The van der Waals surface area contributed by atoms with Crippen LogP contribution in [-0.4, -0.2) is 39.3 Å². The Morgan fingerprint density at radius 3 is 1.25 bits per heavy atom. The number of hydrogen-bond acceptors (Lipinski definition) is 1. The van der Waals surface area contributed by atoms with E-state index in [1.54, 1.807) is 0 Å². The fraction of sp³-hybridized carbons (Fsp3) is 0. The van der Waals surface area contributed by atoms with Gasteiger partial charge in [-0.05, 0) is 0 Å². The van der Waals surface area contributed by atoms with Crippen LogP contribution in [-0.2, 0) is 25.5 Å². The Labute approximate surface area is 64.2 Å². The smallest absolute Gasteiger partial charge is 0 e. The minimum Gasteiger partial charge on any atom is 0 e. The van der Waals surface area contributed by atoms with E-state index >= 15 is 0 Å². The van der Waals surface area contributed by atoms with Crippen molar-refractivity contribution in [3.8, 4) is 0 Å². The normalized spacial score (nSPS) is 0.750. The first-order valence-electron chi connectivity index (χ1n) is 0.289. The average molecular weight is 118 g/mol. The molecule has 4 heteroatoms. The topological polar surface area (TPSA) is 17.1 Å². The van der Waals surface area contributed by atoms with E-state index in [-0.39, 0.29) is 44.8 Å². The van der Waals surface area contributed by atoms with Crippen LogP contribution in [0.2, 0.25) is 0 Å². The summed E-state index contributed by atoms with van der Waals surface area (Å²) in [4.78, 5) is 0. The molecule has 0 aliphatic heterocycles. The molecule has 0 bridgehead atoms. The average Bonchev–Trinajstić information content (AvgIpc) is 1.00. The van der Waals surface area contributed by atoms with Crippen LogP contribution in [0.3, 0.4) is 0 Å². The monoisotopic (exact) mass is 118 g/mol. The zero-order chi connectivity index (χ0) is 2.00. The Balaban J connectivity index is -0.00000000500. The molecule has 1 nitrogen and oxygen atoms in total. The van der Waals surface area contributed by atoms with Crippen LogP contribution >= 0.6 is 0 Å². The second-order valence-corrected chi connectivity index (χ2v) is 0. The van der Waals surface area contributed by atoms with Gasteiger partial charge in [-0.25, -0.2) is 0 Å². The summed E-state index contributed by atoms with van der Waals surface area (Å²) in [7, 11) is 0. The quantitative estimate of drug-likeness (QED) is 0.347. The van der Waals surface area contributed by atoms with Crippen molar-refractivity contribution in [2.24, 2.45) is 0 Å². The molecule has 0 aromatic carbocycles. The van der Waals surface area contributed by atoms with Crippen molar-refractivity contribution in [2.45, 2.75) is 0 Å². The molecule has 0 aliphatic rings. The first-order valence-corrected chi connectivity index (χ1v) is 0.866. The summed E-state index contributed by atoms with van der Waals surface area (Å²) >= 11 is 0.611. The van der Waals surface area contributed by atoms with Gasteiger partial charge in [0.15, 0.2) is 0 Å². The number of rotatable bonds is 0. The van der Waals surface area contributed by atoms with Crippen LogP contribution in [0.4, 0.5) is 0 Å². The summed E-state index contributed by atoms with van der Waals surface area (Å²) in [5.74, 6) is 0. The summed E-state index contributed by atoms with van der Waals surface area (Å²) in [5, 5.41) is 0. The Kier molecular flexibility index (Phi) is 90.6. The fourth-order valence-electron chi connectivity index (χ4n) is 0. The van der Waals surface area contributed by atoms with Crippen LogP contribution in [0.15, 0.2) is 0 Å². The predicted molar refractivity (Wildman–Crippen MR) is 16.4 cm³/mol. The van der Waals surface area contributed by atoms with Gasteiger partial charge in [0.2, 0.25) is 0 Å². The minimum atomic E-state index is 0. The van der Waals surface area contributed by atoms with E-state index in [0.717, 1.165) is 0 Å². The van der Waals surface area contributed by atoms with Crippen LogP contribution in [0, 0.1) is 0 Å². The van der Waals surface area contributed by atoms with Gasteiger partial charge in [0.05, 0.1) is 0 Å². The molecular weight excluding hydrogens is 115 g/mol. The molecule has 4 heavy (non-hydrogen) atoms. The van der Waals surface area contributed by atoms with Crippen LogP contribution in [0.25, 0.3) is 0 Å². The third-order valence-corrected chi connectivity index (χ3v) is 0. The van der Waals surface area contributed by atoms with E-state index in [1.165, 1.54) is 0 Å². The largest absolute Gasteiger partial charge is 0 e. The molecule has 0 saturated heterocycles. The Morgan fingerprint density at radius 2 is 1.25 bits per heavy atom. The molecule has 0 fully saturated rings. The standard InChI is InChI=1S/Al.Mg.O.Ti.3H. The molecule has 0 N–H and O–H groups in total. The summed E-state index contributed by atoms with van der Waals surface area (Å²) in [6.45, 7) is 0. The second-order valence-electron chi connectivity index (χ2n) is 0. The molecule has 0 aromatic rings. The van der Waals surface area contributed by atoms with Gasteiger partial charge in [-0.1, -0.05) is 0 Å². The molecule has 0 radical (unpaired) electrons. The van der Waals surface area contributed by atoms with Gasteiger partial charge in [-0.3, -0.25) is 0 Å². The maximum Gasteiger partial charge on any atom is 0 e. The molecule has 0 amide bonds. The van der Waals surface area contributed by atoms with Gasteiger partial charge in [0.1, 0.15) is 0 Å². The molecule has 0 unspecified atom stereocenters. The Hall–Kier alpha value is 1.81. The minimum absolute atomic E-state index is 0. The van der Waals surface area contributed by atoms with E-state index < -0.39 is 0 Å². The molecule has 0 atom stereocenters. The van der Waals surface area contributed by atoms with Gasteiger partial charge in [0.25, 0.3) is 0 Å². The first kappa shape index (κ1) is 17.0. The first-order chi connectivity index (χ1) is 1.00. The van der Waals surface area contributed by atoms with Gasteiger partial charge >= 0.3 is 43.1 Å². The van der Waals surface area contributed by atoms with Crippen molar-refractivity contribution in [1.82, 2.24) is 0 Å². The molecular formula is H3AlMgOTi. The Morgan fingerprint density at radius 1 is 1.25 bits per heavy atom. The maximum absolute atomic E-state index is 8.28. The summed E-state index contributed by atoms with van der Waals surface area (Å²) in [6, 6.07) is 0. The fourth-order valence-corrected chi connectivity index (χ4v) is 0. The third-order valence-electron chi connectivity index (χ3n) is 0. The molecule has 18 valence electrons. The van der Waals surface area contributed by atoms with E-state index in [1.807, 2.05) is 0 Å². The molecule has 0 rings (SSSR count). The van der Waals surface area contributed by atoms with Gasteiger partial charge < -0.3 is 0 Å². The van der Waals surface area contributed by atoms with Gasteiger partial charge in [-0.15, -0.1) is 0 Å². The summed E-state index contributed by atoms with van der Waals surface area (Å²) < 4.78 is 8.28. The number of hydrogen-bond donors (Lipinski definition) is 0. The van der Waals surface area contributed by atoms with Crippen LogP contribution in [0.1, 0.15) is 0 Å². The maximum atomic E-state index is 8.28. The Bertz CT molecular complexity index is 8.00. The van der Waals surface area contributed by atoms with Gasteiger partial charge in [0, 0.05) is 21.7 Å². The molecule has 0 aliphatic carbocycles. The van der Waals surface area contributed by atoms with Crippen molar-refractivity contribution in [1.29, 1.82) is 0 Å². The predicted octanol–water partition coefficient (Wildman–Crippen LogP) is -1.69. The summed E-state index contributed by atoms with van der Waals surface area (Å²) in [5.41, 5.74) is 0. The zero-order valence-electron chi connectivity index (χ0n) is 1.62. The van der Waals surface area contributed by atoms with Crippen molar-refractivity contribution < 1.29 is 25.5 Å². The SMILES string of the molecule is [MgH2].[O]=[AlH].[Ti]. The van der Waals surface area contributed by atoms with Crippen molar-refractivity contribution >= 4 is 39.3 Å². The zero-order valence-corrected chi connectivity index (χ0v) is 4.59. The van der Waals surface area contributed by atoms with Crippen molar-refractivity contribution in [3.63, 3.8) is 0 Å². The van der Waals surface area contributed by atoms with Crippen LogP contribution < -0.4 is 0 Å². The third kappa shape index (κ3) is 9.18. The van der Waals surface area contributed by atoms with Gasteiger partial charge in [-0.2, -0.15) is 0 Å². The van der Waals surface area contributed by atoms with E-state index in [2.05, 4.69) is 0 Å². The molecule has 0 spiro atoms. The van der Waals surface area contributed by atoms with Crippen LogP contribution in [0.5, 0.6) is 0 Å².